The summed E-state index contributed by atoms with van der Waals surface area (Å²) in [7, 11) is 2.80. The lowest BCUT2D eigenvalue weighted by molar-refractivity contribution is -0.140. The number of hydrogen-bond acceptors (Lipinski definition) is 6. The molecule has 2 aromatic carbocycles. The highest BCUT2D eigenvalue weighted by Crippen LogP contribution is 2.43. The molecule has 3 aromatic rings. The van der Waals surface area contributed by atoms with Crippen molar-refractivity contribution in [3.63, 3.8) is 0 Å². The van der Waals surface area contributed by atoms with Crippen LogP contribution in [-0.2, 0) is 16.1 Å². The van der Waals surface area contributed by atoms with Crippen LogP contribution in [0, 0.1) is 5.82 Å². The molecule has 1 saturated heterocycles. The van der Waals surface area contributed by atoms with Crippen molar-refractivity contribution in [1.82, 2.24) is 9.88 Å². The summed E-state index contributed by atoms with van der Waals surface area (Å²) in [5.74, 6) is -2.14. The van der Waals surface area contributed by atoms with Gasteiger partial charge in [-0.25, -0.2) is 4.39 Å². The van der Waals surface area contributed by atoms with Gasteiger partial charge in [-0.1, -0.05) is 29.8 Å². The van der Waals surface area contributed by atoms with Crippen LogP contribution in [0.15, 0.2) is 66.4 Å². The Hall–Kier alpha value is -3.91. The van der Waals surface area contributed by atoms with Crippen LogP contribution in [0.4, 0.5) is 4.39 Å². The molecule has 1 fully saturated rings. The Morgan fingerprint density at radius 3 is 2.41 bits per heavy atom. The molecular formula is C25H20ClFN2O5. The number of halogens is 2. The second-order valence-corrected chi connectivity index (χ2v) is 7.90. The standard InChI is InChI=1S/C25H20ClFN2O5/c1-33-19-12-17(26)20(34-2)11-16(19)23(30)21-22(18-5-3-4-10-28-18)29(25(32)24(21)31)13-14-6-8-15(27)9-7-14/h3-12,22,30H,13H2,1-2H3/b23-21+. The topological polar surface area (TPSA) is 89.0 Å². The maximum Gasteiger partial charge on any atom is 0.296 e. The predicted molar refractivity (Wildman–Crippen MR) is 123 cm³/mol. The van der Waals surface area contributed by atoms with Crippen molar-refractivity contribution in [1.29, 1.82) is 0 Å². The van der Waals surface area contributed by atoms with E-state index in [1.54, 1.807) is 18.2 Å². The molecular weight excluding hydrogens is 463 g/mol. The first-order valence-electron chi connectivity index (χ1n) is 10.2. The van der Waals surface area contributed by atoms with Crippen LogP contribution >= 0.6 is 11.6 Å². The Morgan fingerprint density at radius 1 is 1.09 bits per heavy atom. The van der Waals surface area contributed by atoms with Gasteiger partial charge in [-0.05, 0) is 35.9 Å². The van der Waals surface area contributed by atoms with E-state index in [0.717, 1.165) is 0 Å². The molecule has 0 radical (unpaired) electrons. The van der Waals surface area contributed by atoms with Crippen molar-refractivity contribution in [2.45, 2.75) is 12.6 Å². The maximum atomic E-state index is 13.4. The highest BCUT2D eigenvalue weighted by molar-refractivity contribution is 6.46. The Kier molecular flexibility index (Phi) is 6.51. The molecule has 9 heteroatoms. The minimum Gasteiger partial charge on any atom is -0.507 e. The lowest BCUT2D eigenvalue weighted by atomic mass is 9.97. The van der Waals surface area contributed by atoms with E-state index in [1.165, 1.54) is 61.7 Å². The van der Waals surface area contributed by atoms with Gasteiger partial charge in [-0.2, -0.15) is 0 Å². The normalized spacial score (nSPS) is 17.2. The van der Waals surface area contributed by atoms with Crippen LogP contribution in [0.25, 0.3) is 5.76 Å². The molecule has 34 heavy (non-hydrogen) atoms. The molecule has 1 unspecified atom stereocenters. The summed E-state index contributed by atoms with van der Waals surface area (Å²) in [5, 5.41) is 11.6. The van der Waals surface area contributed by atoms with Gasteiger partial charge in [0.2, 0.25) is 0 Å². The molecule has 174 valence electrons. The highest BCUT2D eigenvalue weighted by Gasteiger charge is 2.47. The molecule has 0 spiro atoms. The summed E-state index contributed by atoms with van der Waals surface area (Å²) >= 11 is 6.18. The third kappa shape index (κ3) is 4.20. The fourth-order valence-electron chi connectivity index (χ4n) is 3.87. The number of Topliss-reactive ketones (excluding diaryl/α,β-unsaturated/α-hetero) is 1. The number of likely N-dealkylation sites (tertiary alicyclic amines) is 1. The third-order valence-electron chi connectivity index (χ3n) is 5.50. The number of hydrogen-bond donors (Lipinski definition) is 1. The van der Waals surface area contributed by atoms with E-state index in [0.29, 0.717) is 11.3 Å². The number of rotatable bonds is 6. The molecule has 1 amide bonds. The number of aliphatic hydroxyl groups is 1. The minimum atomic E-state index is -0.988. The Labute approximate surface area is 200 Å². The number of carbonyl (C=O) groups excluding carboxylic acids is 2. The lowest BCUT2D eigenvalue weighted by Crippen LogP contribution is -2.29. The first kappa shape index (κ1) is 23.3. The minimum absolute atomic E-state index is 0.00392. The van der Waals surface area contributed by atoms with E-state index in [9.17, 15) is 19.1 Å². The number of ketones is 1. The average molecular weight is 483 g/mol. The first-order chi connectivity index (χ1) is 16.3. The monoisotopic (exact) mass is 482 g/mol. The summed E-state index contributed by atoms with van der Waals surface area (Å²) in [5.41, 5.74) is 0.957. The first-order valence-corrected chi connectivity index (χ1v) is 10.6. The van der Waals surface area contributed by atoms with Crippen molar-refractivity contribution in [2.24, 2.45) is 0 Å². The van der Waals surface area contributed by atoms with E-state index in [4.69, 9.17) is 21.1 Å². The van der Waals surface area contributed by atoms with Crippen LogP contribution in [0.1, 0.15) is 22.9 Å². The zero-order valence-electron chi connectivity index (χ0n) is 18.3. The van der Waals surface area contributed by atoms with Gasteiger partial charge in [-0.3, -0.25) is 14.6 Å². The summed E-state index contributed by atoms with van der Waals surface area (Å²) < 4.78 is 24.0. The number of benzene rings is 2. The molecule has 7 nitrogen and oxygen atoms in total. The van der Waals surface area contributed by atoms with Gasteiger partial charge in [0.15, 0.2) is 0 Å². The summed E-state index contributed by atoms with van der Waals surface area (Å²) in [6, 6.07) is 12.5. The van der Waals surface area contributed by atoms with E-state index in [2.05, 4.69) is 4.98 Å². The van der Waals surface area contributed by atoms with E-state index < -0.39 is 29.3 Å². The summed E-state index contributed by atoms with van der Waals surface area (Å²) in [6.07, 6.45) is 1.53. The Bertz CT molecular complexity index is 1280. The van der Waals surface area contributed by atoms with Crippen molar-refractivity contribution < 1.29 is 28.6 Å². The van der Waals surface area contributed by atoms with Crippen LogP contribution < -0.4 is 9.47 Å². The molecule has 1 N–H and O–H groups in total. The quantitative estimate of drug-likeness (QED) is 0.316. The molecule has 1 aromatic heterocycles. The van der Waals surface area contributed by atoms with Crippen molar-refractivity contribution in [2.75, 3.05) is 14.2 Å². The molecule has 2 heterocycles. The largest absolute Gasteiger partial charge is 0.507 e. The smallest absolute Gasteiger partial charge is 0.296 e. The van der Waals surface area contributed by atoms with E-state index in [1.807, 2.05) is 0 Å². The van der Waals surface area contributed by atoms with Crippen molar-refractivity contribution in [3.05, 3.63) is 94.0 Å². The number of pyridine rings is 1. The summed E-state index contributed by atoms with van der Waals surface area (Å²) in [4.78, 5) is 31.9. The van der Waals surface area contributed by atoms with Gasteiger partial charge in [0, 0.05) is 18.8 Å². The number of aromatic nitrogens is 1. The van der Waals surface area contributed by atoms with Crippen LogP contribution in [0.3, 0.4) is 0 Å². The fraction of sp³-hybridized carbons (Fsp3) is 0.160. The van der Waals surface area contributed by atoms with Crippen LogP contribution in [-0.4, -0.2) is 40.9 Å². The molecule has 1 aliphatic heterocycles. The van der Waals surface area contributed by atoms with Gasteiger partial charge in [0.1, 0.15) is 29.1 Å². The van der Waals surface area contributed by atoms with Gasteiger partial charge in [0.25, 0.3) is 11.7 Å². The number of ether oxygens (including phenoxy) is 2. The second-order valence-electron chi connectivity index (χ2n) is 7.50. The van der Waals surface area contributed by atoms with Gasteiger partial charge >= 0.3 is 0 Å². The summed E-state index contributed by atoms with van der Waals surface area (Å²) in [6.45, 7) is 0.00392. The molecule has 1 atom stereocenters. The number of methoxy groups -OCH3 is 2. The number of carbonyl (C=O) groups is 2. The Morgan fingerprint density at radius 2 is 1.79 bits per heavy atom. The van der Waals surface area contributed by atoms with E-state index >= 15 is 0 Å². The van der Waals surface area contributed by atoms with Crippen molar-refractivity contribution in [3.8, 4) is 11.5 Å². The second kappa shape index (κ2) is 9.52. The Balaban J connectivity index is 1.90. The fourth-order valence-corrected chi connectivity index (χ4v) is 4.10. The number of amides is 1. The number of nitrogens with zero attached hydrogens (tertiary/aromatic N) is 2. The number of aliphatic hydroxyl groups excluding tert-OH is 1. The molecule has 0 saturated carbocycles. The van der Waals surface area contributed by atoms with Gasteiger partial charge in [0.05, 0.1) is 36.1 Å². The zero-order valence-corrected chi connectivity index (χ0v) is 19.0. The average Bonchev–Trinajstić information content (AvgIpc) is 3.10. The van der Waals surface area contributed by atoms with E-state index in [-0.39, 0.29) is 34.2 Å². The van der Waals surface area contributed by atoms with Crippen LogP contribution in [0.5, 0.6) is 11.5 Å². The van der Waals surface area contributed by atoms with Crippen molar-refractivity contribution >= 4 is 29.1 Å². The third-order valence-corrected chi connectivity index (χ3v) is 5.80. The molecule has 4 rings (SSSR count). The van der Waals surface area contributed by atoms with Crippen LogP contribution in [0.2, 0.25) is 5.02 Å². The SMILES string of the molecule is COc1cc(/C(O)=C2\C(=O)C(=O)N(Cc3ccc(F)cc3)C2c2ccccn2)c(OC)cc1Cl. The maximum absolute atomic E-state index is 13.4. The molecule has 0 bridgehead atoms. The highest BCUT2D eigenvalue weighted by atomic mass is 35.5. The molecule has 1 aliphatic rings. The molecule has 0 aliphatic carbocycles. The zero-order chi connectivity index (χ0) is 24.4. The van der Waals surface area contributed by atoms with Gasteiger partial charge < -0.3 is 19.5 Å². The van der Waals surface area contributed by atoms with Gasteiger partial charge in [-0.15, -0.1) is 0 Å². The predicted octanol–water partition coefficient (Wildman–Crippen LogP) is 4.51. The lowest BCUT2D eigenvalue weighted by Gasteiger charge is -2.24.